The lowest BCUT2D eigenvalue weighted by molar-refractivity contribution is -0.119. The highest BCUT2D eigenvalue weighted by molar-refractivity contribution is 5.81. The summed E-state index contributed by atoms with van der Waals surface area (Å²) in [4.78, 5) is 11.6. The molecule has 0 fully saturated rings. The van der Waals surface area contributed by atoms with Gasteiger partial charge in [0.1, 0.15) is 5.75 Å². The van der Waals surface area contributed by atoms with Crippen LogP contribution in [0.15, 0.2) is 24.3 Å². The molecule has 0 atom stereocenters. The maximum atomic E-state index is 11.6. The zero-order valence-electron chi connectivity index (χ0n) is 11.7. The minimum absolute atomic E-state index is 0.0728. The second-order valence-corrected chi connectivity index (χ2v) is 4.36. The van der Waals surface area contributed by atoms with E-state index in [0.717, 1.165) is 11.4 Å². The predicted octanol–water partition coefficient (Wildman–Crippen LogP) is 1.65. The predicted molar refractivity (Wildman–Crippen MR) is 75.6 cm³/mol. The first-order valence-electron chi connectivity index (χ1n) is 6.38. The number of hydrogen-bond acceptors (Lipinski definition) is 4. The Morgan fingerprint density at radius 1 is 1.32 bits per heavy atom. The van der Waals surface area contributed by atoms with Crippen molar-refractivity contribution in [3.63, 3.8) is 0 Å². The number of carbonyl (C=O) groups is 1. The van der Waals surface area contributed by atoms with Crippen LogP contribution in [0.5, 0.6) is 5.75 Å². The average Bonchev–Trinajstić information content (AvgIpc) is 2.37. The van der Waals surface area contributed by atoms with Gasteiger partial charge in [-0.05, 0) is 26.0 Å². The lowest BCUT2D eigenvalue weighted by atomic mass is 10.3. The first-order valence-corrected chi connectivity index (χ1v) is 6.38. The Morgan fingerprint density at radius 3 is 2.74 bits per heavy atom. The van der Waals surface area contributed by atoms with E-state index in [1.54, 1.807) is 7.11 Å². The van der Waals surface area contributed by atoms with Crippen LogP contribution >= 0.6 is 0 Å². The van der Waals surface area contributed by atoms with E-state index in [9.17, 15) is 4.79 Å². The van der Waals surface area contributed by atoms with Gasteiger partial charge in [-0.2, -0.15) is 0 Å². The van der Waals surface area contributed by atoms with Crippen molar-refractivity contribution in [1.82, 2.24) is 5.32 Å². The third kappa shape index (κ3) is 6.10. The van der Waals surface area contributed by atoms with Gasteiger partial charge in [-0.3, -0.25) is 4.79 Å². The highest BCUT2D eigenvalue weighted by atomic mass is 16.5. The van der Waals surface area contributed by atoms with E-state index in [-0.39, 0.29) is 18.6 Å². The number of hydrogen-bond donors (Lipinski definition) is 2. The van der Waals surface area contributed by atoms with E-state index < -0.39 is 0 Å². The van der Waals surface area contributed by atoms with Crippen molar-refractivity contribution in [1.29, 1.82) is 0 Å². The number of rotatable bonds is 8. The van der Waals surface area contributed by atoms with E-state index in [4.69, 9.17) is 9.47 Å². The zero-order chi connectivity index (χ0) is 14.1. The summed E-state index contributed by atoms with van der Waals surface area (Å²) < 4.78 is 10.5. The summed E-state index contributed by atoms with van der Waals surface area (Å²) in [6, 6.07) is 7.57. The lowest BCUT2D eigenvalue weighted by Crippen LogP contribution is -2.32. The number of anilines is 1. The van der Waals surface area contributed by atoms with Crippen molar-refractivity contribution in [2.24, 2.45) is 0 Å². The molecule has 0 aliphatic carbocycles. The van der Waals surface area contributed by atoms with Crippen LogP contribution in [-0.2, 0) is 9.53 Å². The fraction of sp³-hybridized carbons (Fsp3) is 0.500. The van der Waals surface area contributed by atoms with E-state index in [0.29, 0.717) is 13.2 Å². The van der Waals surface area contributed by atoms with E-state index >= 15 is 0 Å². The maximum absolute atomic E-state index is 11.6. The molecule has 0 unspecified atom stereocenters. The van der Waals surface area contributed by atoms with Crippen molar-refractivity contribution in [2.75, 3.05) is 32.1 Å². The number of methoxy groups -OCH3 is 1. The fourth-order valence-electron chi connectivity index (χ4n) is 1.50. The molecule has 0 saturated heterocycles. The number of amides is 1. The van der Waals surface area contributed by atoms with Crippen molar-refractivity contribution in [3.8, 4) is 5.75 Å². The maximum Gasteiger partial charge on any atom is 0.239 e. The van der Waals surface area contributed by atoms with Crippen molar-refractivity contribution in [3.05, 3.63) is 24.3 Å². The van der Waals surface area contributed by atoms with Crippen molar-refractivity contribution < 1.29 is 14.3 Å². The molecule has 19 heavy (non-hydrogen) atoms. The molecule has 1 aromatic carbocycles. The van der Waals surface area contributed by atoms with Crippen molar-refractivity contribution >= 4 is 11.6 Å². The zero-order valence-corrected chi connectivity index (χ0v) is 11.7. The normalized spacial score (nSPS) is 10.3. The lowest BCUT2D eigenvalue weighted by Gasteiger charge is -2.15. The number of benzene rings is 1. The third-order valence-electron chi connectivity index (χ3n) is 2.32. The monoisotopic (exact) mass is 266 g/mol. The molecule has 0 spiro atoms. The molecule has 1 aromatic rings. The number of para-hydroxylation sites is 2. The Morgan fingerprint density at radius 2 is 2.05 bits per heavy atom. The molecule has 0 bridgehead atoms. The third-order valence-corrected chi connectivity index (χ3v) is 2.32. The summed E-state index contributed by atoms with van der Waals surface area (Å²) in [6.45, 7) is 5.17. The molecule has 0 heterocycles. The summed E-state index contributed by atoms with van der Waals surface area (Å²) in [7, 11) is 1.60. The smallest absolute Gasteiger partial charge is 0.239 e. The molecule has 1 amide bonds. The molecule has 0 aliphatic heterocycles. The Balaban J connectivity index is 2.46. The number of nitrogens with one attached hydrogen (secondary N) is 2. The fourth-order valence-corrected chi connectivity index (χ4v) is 1.50. The summed E-state index contributed by atoms with van der Waals surface area (Å²) in [5, 5.41) is 5.81. The van der Waals surface area contributed by atoms with Gasteiger partial charge >= 0.3 is 0 Å². The largest absolute Gasteiger partial charge is 0.489 e. The van der Waals surface area contributed by atoms with Gasteiger partial charge in [-0.25, -0.2) is 0 Å². The molecule has 0 aromatic heterocycles. The first-order chi connectivity index (χ1) is 9.13. The molecular formula is C14H22N2O3. The highest BCUT2D eigenvalue weighted by Crippen LogP contribution is 2.24. The summed E-state index contributed by atoms with van der Waals surface area (Å²) >= 11 is 0. The van der Waals surface area contributed by atoms with Crippen LogP contribution in [0.4, 0.5) is 5.69 Å². The standard InChI is InChI=1S/C14H22N2O3/c1-11(2)19-13-7-5-4-6-12(13)16-10-14(17)15-8-9-18-3/h4-7,11,16H,8-10H2,1-3H3,(H,15,17). The molecular weight excluding hydrogens is 244 g/mol. The van der Waals surface area contributed by atoms with Crippen LogP contribution in [0.1, 0.15) is 13.8 Å². The number of carbonyl (C=O) groups excluding carboxylic acids is 1. The van der Waals surface area contributed by atoms with Gasteiger partial charge in [-0.15, -0.1) is 0 Å². The summed E-state index contributed by atoms with van der Waals surface area (Å²) in [5.41, 5.74) is 0.818. The topological polar surface area (TPSA) is 59.6 Å². The molecule has 1 rings (SSSR count). The van der Waals surface area contributed by atoms with Crippen LogP contribution in [0.25, 0.3) is 0 Å². The molecule has 0 saturated carbocycles. The van der Waals surface area contributed by atoms with E-state index in [2.05, 4.69) is 10.6 Å². The second kappa shape index (κ2) is 8.37. The molecule has 0 radical (unpaired) electrons. The van der Waals surface area contributed by atoms with Crippen LogP contribution in [0.3, 0.4) is 0 Å². The van der Waals surface area contributed by atoms with Gasteiger partial charge in [0.05, 0.1) is 24.9 Å². The SMILES string of the molecule is COCCNC(=O)CNc1ccccc1OC(C)C. The van der Waals surface area contributed by atoms with Crippen LogP contribution in [-0.4, -0.2) is 38.8 Å². The summed E-state index contributed by atoms with van der Waals surface area (Å²) in [5.74, 6) is 0.679. The van der Waals surface area contributed by atoms with E-state index in [1.165, 1.54) is 0 Å². The number of ether oxygens (including phenoxy) is 2. The van der Waals surface area contributed by atoms with Gasteiger partial charge in [0.25, 0.3) is 0 Å². The molecule has 5 nitrogen and oxygen atoms in total. The highest BCUT2D eigenvalue weighted by Gasteiger charge is 2.06. The molecule has 5 heteroatoms. The minimum atomic E-state index is -0.0728. The average molecular weight is 266 g/mol. The second-order valence-electron chi connectivity index (χ2n) is 4.36. The van der Waals surface area contributed by atoms with Crippen LogP contribution in [0, 0.1) is 0 Å². The van der Waals surface area contributed by atoms with Crippen LogP contribution in [0.2, 0.25) is 0 Å². The van der Waals surface area contributed by atoms with Crippen LogP contribution < -0.4 is 15.4 Å². The Hall–Kier alpha value is -1.75. The minimum Gasteiger partial charge on any atom is -0.489 e. The Labute approximate surface area is 114 Å². The quantitative estimate of drug-likeness (QED) is 0.702. The van der Waals surface area contributed by atoms with E-state index in [1.807, 2.05) is 38.1 Å². The molecule has 0 aliphatic rings. The summed E-state index contributed by atoms with van der Waals surface area (Å²) in [6.07, 6.45) is 0.0958. The molecule has 106 valence electrons. The van der Waals surface area contributed by atoms with Crippen molar-refractivity contribution in [2.45, 2.75) is 20.0 Å². The molecule has 2 N–H and O–H groups in total. The van der Waals surface area contributed by atoms with Gasteiger partial charge < -0.3 is 20.1 Å². The van der Waals surface area contributed by atoms with Gasteiger partial charge in [0, 0.05) is 13.7 Å². The van der Waals surface area contributed by atoms with Gasteiger partial charge in [0.15, 0.2) is 0 Å². The van der Waals surface area contributed by atoms with Gasteiger partial charge in [-0.1, -0.05) is 12.1 Å². The first kappa shape index (κ1) is 15.3. The van der Waals surface area contributed by atoms with Gasteiger partial charge in [0.2, 0.25) is 5.91 Å². The Bertz CT molecular complexity index is 394. The Kier molecular flexibility index (Phi) is 6.74.